The minimum Gasteiger partial charge on any atom is -0.478 e. The van der Waals surface area contributed by atoms with Crippen LogP contribution in [0.5, 0.6) is 11.5 Å². The molecule has 4 nitrogen and oxygen atoms in total. The van der Waals surface area contributed by atoms with Gasteiger partial charge < -0.3 is 15.6 Å². The Hall–Kier alpha value is -2.08. The highest BCUT2D eigenvalue weighted by atomic mass is 79.9. The number of carboxylic acid groups (broad SMARTS) is 1. The molecule has 0 aromatic heterocycles. The predicted octanol–water partition coefficient (Wildman–Crippen LogP) is 3.66. The first kappa shape index (κ1) is 13.4. The van der Waals surface area contributed by atoms with Crippen molar-refractivity contribution in [1.82, 2.24) is 0 Å². The zero-order valence-corrected chi connectivity index (χ0v) is 11.1. The molecule has 0 saturated carbocycles. The summed E-state index contributed by atoms with van der Waals surface area (Å²) in [6.45, 7) is 0. The summed E-state index contributed by atoms with van der Waals surface area (Å²) in [5.41, 5.74) is 5.90. The number of nitrogens with two attached hydrogens (primary N) is 1. The van der Waals surface area contributed by atoms with Crippen molar-refractivity contribution in [2.24, 2.45) is 0 Å². The van der Waals surface area contributed by atoms with E-state index < -0.39 is 11.8 Å². The summed E-state index contributed by atoms with van der Waals surface area (Å²) >= 11 is 3.13. The largest absolute Gasteiger partial charge is 0.478 e. The van der Waals surface area contributed by atoms with E-state index in [-0.39, 0.29) is 17.1 Å². The SMILES string of the molecule is Nc1ccc(C(=O)O)c(Oc2cc(F)cc(Br)c2)c1. The third-order valence-electron chi connectivity index (χ3n) is 2.30. The lowest BCUT2D eigenvalue weighted by molar-refractivity contribution is 0.0694. The molecule has 0 aliphatic heterocycles. The summed E-state index contributed by atoms with van der Waals surface area (Å²) in [7, 11) is 0. The smallest absolute Gasteiger partial charge is 0.339 e. The van der Waals surface area contributed by atoms with E-state index in [2.05, 4.69) is 15.9 Å². The maximum absolute atomic E-state index is 13.2. The summed E-state index contributed by atoms with van der Waals surface area (Å²) in [6.07, 6.45) is 0. The molecule has 98 valence electrons. The van der Waals surface area contributed by atoms with E-state index in [1.54, 1.807) is 0 Å². The number of hydrogen-bond donors (Lipinski definition) is 2. The number of nitrogen functional groups attached to an aromatic ring is 1. The molecule has 0 aliphatic rings. The van der Waals surface area contributed by atoms with Gasteiger partial charge in [-0.15, -0.1) is 0 Å². The van der Waals surface area contributed by atoms with Gasteiger partial charge in [0.1, 0.15) is 22.9 Å². The minimum atomic E-state index is -1.15. The van der Waals surface area contributed by atoms with Gasteiger partial charge in [-0.3, -0.25) is 0 Å². The number of halogens is 2. The van der Waals surface area contributed by atoms with Gasteiger partial charge in [-0.25, -0.2) is 9.18 Å². The Bertz CT molecular complexity index is 626. The summed E-state index contributed by atoms with van der Waals surface area (Å²) in [6, 6.07) is 8.11. The van der Waals surface area contributed by atoms with Crippen LogP contribution in [0.3, 0.4) is 0 Å². The molecular weight excluding hydrogens is 317 g/mol. The number of aromatic carboxylic acids is 1. The van der Waals surface area contributed by atoms with Crippen LogP contribution in [0.1, 0.15) is 10.4 Å². The fourth-order valence-corrected chi connectivity index (χ4v) is 1.96. The predicted molar refractivity (Wildman–Crippen MR) is 72.0 cm³/mol. The van der Waals surface area contributed by atoms with Gasteiger partial charge in [0.25, 0.3) is 0 Å². The van der Waals surface area contributed by atoms with E-state index >= 15 is 0 Å². The van der Waals surface area contributed by atoms with Crippen molar-refractivity contribution in [3.8, 4) is 11.5 Å². The molecule has 0 unspecified atom stereocenters. The van der Waals surface area contributed by atoms with E-state index in [1.807, 2.05) is 0 Å². The second-order valence-electron chi connectivity index (χ2n) is 3.77. The number of ether oxygens (including phenoxy) is 1. The third-order valence-corrected chi connectivity index (χ3v) is 2.76. The molecule has 2 aromatic carbocycles. The second kappa shape index (κ2) is 5.27. The van der Waals surface area contributed by atoms with Crippen LogP contribution in [0.25, 0.3) is 0 Å². The van der Waals surface area contributed by atoms with Crippen molar-refractivity contribution in [1.29, 1.82) is 0 Å². The number of benzene rings is 2. The number of anilines is 1. The number of hydrogen-bond acceptors (Lipinski definition) is 3. The standard InChI is InChI=1S/C13H9BrFNO3/c14-7-3-8(15)5-10(4-7)19-12-6-9(16)1-2-11(12)13(17)18/h1-6H,16H2,(H,17,18). The lowest BCUT2D eigenvalue weighted by Crippen LogP contribution is -2.01. The maximum Gasteiger partial charge on any atom is 0.339 e. The van der Waals surface area contributed by atoms with Crippen molar-refractivity contribution in [2.45, 2.75) is 0 Å². The van der Waals surface area contributed by atoms with Gasteiger partial charge in [0.2, 0.25) is 0 Å². The van der Waals surface area contributed by atoms with Gasteiger partial charge >= 0.3 is 5.97 Å². The molecule has 19 heavy (non-hydrogen) atoms. The lowest BCUT2D eigenvalue weighted by Gasteiger charge is -2.10. The molecule has 0 bridgehead atoms. The van der Waals surface area contributed by atoms with E-state index in [0.29, 0.717) is 10.2 Å². The first-order valence-corrected chi connectivity index (χ1v) is 6.02. The molecule has 3 N–H and O–H groups in total. The molecule has 0 aliphatic carbocycles. The van der Waals surface area contributed by atoms with Gasteiger partial charge in [0.15, 0.2) is 0 Å². The molecule has 2 rings (SSSR count). The third kappa shape index (κ3) is 3.23. The first-order chi connectivity index (χ1) is 8.95. The molecule has 0 saturated heterocycles. The molecule has 0 atom stereocenters. The zero-order chi connectivity index (χ0) is 14.0. The fourth-order valence-electron chi connectivity index (χ4n) is 1.51. The Kier molecular flexibility index (Phi) is 3.71. The average Bonchev–Trinajstić information content (AvgIpc) is 2.26. The summed E-state index contributed by atoms with van der Waals surface area (Å²) < 4.78 is 19.1. The van der Waals surface area contributed by atoms with Crippen molar-refractivity contribution < 1.29 is 19.0 Å². The van der Waals surface area contributed by atoms with Gasteiger partial charge in [0, 0.05) is 22.3 Å². The molecular formula is C13H9BrFNO3. The topological polar surface area (TPSA) is 72.6 Å². The van der Waals surface area contributed by atoms with Gasteiger partial charge in [0.05, 0.1) is 0 Å². The van der Waals surface area contributed by atoms with Crippen LogP contribution in [-0.2, 0) is 0 Å². The molecule has 2 aromatic rings. The Morgan fingerprint density at radius 1 is 1.26 bits per heavy atom. The second-order valence-corrected chi connectivity index (χ2v) is 4.68. The summed E-state index contributed by atoms with van der Waals surface area (Å²) in [4.78, 5) is 11.1. The van der Waals surface area contributed by atoms with Gasteiger partial charge in [-0.2, -0.15) is 0 Å². The normalized spacial score (nSPS) is 10.2. The van der Waals surface area contributed by atoms with E-state index in [1.165, 1.54) is 30.3 Å². The molecule has 6 heteroatoms. The van der Waals surface area contributed by atoms with E-state index in [0.717, 1.165) is 6.07 Å². The maximum atomic E-state index is 13.2. The van der Waals surface area contributed by atoms with Crippen LogP contribution in [0.4, 0.5) is 10.1 Å². The molecule has 0 radical (unpaired) electrons. The van der Waals surface area contributed by atoms with E-state index in [4.69, 9.17) is 15.6 Å². The summed E-state index contributed by atoms with van der Waals surface area (Å²) in [5, 5.41) is 9.04. The van der Waals surface area contributed by atoms with Crippen LogP contribution in [-0.4, -0.2) is 11.1 Å². The fraction of sp³-hybridized carbons (Fsp3) is 0. The molecule has 0 fully saturated rings. The first-order valence-electron chi connectivity index (χ1n) is 5.22. The van der Waals surface area contributed by atoms with Crippen LogP contribution in [0.2, 0.25) is 0 Å². The zero-order valence-electron chi connectivity index (χ0n) is 9.56. The van der Waals surface area contributed by atoms with Crippen LogP contribution in [0.15, 0.2) is 40.9 Å². The van der Waals surface area contributed by atoms with Crippen molar-refractivity contribution in [2.75, 3.05) is 5.73 Å². The Morgan fingerprint density at radius 3 is 2.63 bits per heavy atom. The van der Waals surface area contributed by atoms with Crippen LogP contribution >= 0.6 is 15.9 Å². The van der Waals surface area contributed by atoms with Gasteiger partial charge in [-0.05, 0) is 24.3 Å². The van der Waals surface area contributed by atoms with Crippen molar-refractivity contribution >= 4 is 27.6 Å². The number of carbonyl (C=O) groups is 1. The quantitative estimate of drug-likeness (QED) is 0.844. The monoisotopic (exact) mass is 325 g/mol. The van der Waals surface area contributed by atoms with Crippen molar-refractivity contribution in [3.63, 3.8) is 0 Å². The van der Waals surface area contributed by atoms with Crippen molar-refractivity contribution in [3.05, 3.63) is 52.3 Å². The Morgan fingerprint density at radius 2 is 2.00 bits per heavy atom. The van der Waals surface area contributed by atoms with E-state index in [9.17, 15) is 9.18 Å². The molecule has 0 spiro atoms. The summed E-state index contributed by atoms with van der Waals surface area (Å²) in [5.74, 6) is -1.40. The minimum absolute atomic E-state index is 0.0467. The van der Waals surface area contributed by atoms with Gasteiger partial charge in [-0.1, -0.05) is 15.9 Å². The number of rotatable bonds is 3. The number of carboxylic acids is 1. The highest BCUT2D eigenvalue weighted by molar-refractivity contribution is 9.10. The molecule has 0 amide bonds. The highest BCUT2D eigenvalue weighted by Gasteiger charge is 2.13. The molecule has 0 heterocycles. The lowest BCUT2D eigenvalue weighted by atomic mass is 10.2. The Labute approximate surface area is 116 Å². The highest BCUT2D eigenvalue weighted by Crippen LogP contribution is 2.30. The average molecular weight is 326 g/mol. The van der Waals surface area contributed by atoms with Crippen LogP contribution in [0, 0.1) is 5.82 Å². The van der Waals surface area contributed by atoms with Crippen LogP contribution < -0.4 is 10.5 Å². The Balaban J connectivity index is 2.42.